The molecule has 84 valence electrons. The number of fused-ring (bicyclic) bond motifs is 1. The molecule has 0 bridgehead atoms. The number of benzene rings is 1. The molecule has 0 amide bonds. The van der Waals surface area contributed by atoms with E-state index in [1.807, 2.05) is 31.2 Å². The van der Waals surface area contributed by atoms with Crippen LogP contribution in [0.15, 0.2) is 42.7 Å². The Morgan fingerprint density at radius 1 is 1.18 bits per heavy atom. The largest absolute Gasteiger partial charge is 0.238 e. The fourth-order valence-corrected chi connectivity index (χ4v) is 1.93. The van der Waals surface area contributed by atoms with Crippen LogP contribution in [0.5, 0.6) is 0 Å². The number of hydrogen-bond acceptors (Lipinski definition) is 3. The number of aromatic nitrogens is 4. The second-order valence-corrected chi connectivity index (χ2v) is 3.99. The van der Waals surface area contributed by atoms with Crippen molar-refractivity contribution in [3.63, 3.8) is 0 Å². The van der Waals surface area contributed by atoms with Gasteiger partial charge in [-0.15, -0.1) is 0 Å². The molecular formula is C13H12N4. The summed E-state index contributed by atoms with van der Waals surface area (Å²) in [7, 11) is 0. The molecular weight excluding hydrogens is 212 g/mol. The average Bonchev–Trinajstić information content (AvgIpc) is 2.79. The lowest BCUT2D eigenvalue weighted by atomic mass is 10.1. The minimum atomic E-state index is 0.824. The molecule has 0 spiro atoms. The van der Waals surface area contributed by atoms with Crippen molar-refractivity contribution in [3.8, 4) is 0 Å². The molecule has 0 aliphatic carbocycles. The Hall–Kier alpha value is -2.23. The fourth-order valence-electron chi connectivity index (χ4n) is 1.93. The zero-order valence-electron chi connectivity index (χ0n) is 9.54. The molecule has 3 aromatic rings. The van der Waals surface area contributed by atoms with Gasteiger partial charge in [0.25, 0.3) is 0 Å². The first-order valence-electron chi connectivity index (χ1n) is 5.53. The van der Waals surface area contributed by atoms with Crippen LogP contribution in [0.2, 0.25) is 0 Å². The summed E-state index contributed by atoms with van der Waals surface area (Å²) in [6, 6.07) is 12.3. The molecule has 0 radical (unpaired) electrons. The predicted octanol–water partition coefficient (Wildman–Crippen LogP) is 2.02. The molecule has 4 nitrogen and oxygen atoms in total. The Balaban J connectivity index is 2.01. The monoisotopic (exact) mass is 224 g/mol. The number of rotatable bonds is 2. The van der Waals surface area contributed by atoms with E-state index in [1.54, 1.807) is 10.8 Å². The van der Waals surface area contributed by atoms with Crippen molar-refractivity contribution in [2.75, 3.05) is 0 Å². The lowest BCUT2D eigenvalue weighted by Gasteiger charge is -2.03. The smallest absolute Gasteiger partial charge is 0.159 e. The average molecular weight is 224 g/mol. The highest BCUT2D eigenvalue weighted by atomic mass is 15.3. The van der Waals surface area contributed by atoms with Crippen LogP contribution >= 0.6 is 0 Å². The fraction of sp³-hybridized carbons (Fsp3) is 0.154. The van der Waals surface area contributed by atoms with E-state index >= 15 is 0 Å². The number of nitrogens with zero attached hydrogens (tertiary/aromatic N) is 4. The Morgan fingerprint density at radius 2 is 2.00 bits per heavy atom. The first kappa shape index (κ1) is 9.96. The molecule has 0 fully saturated rings. The van der Waals surface area contributed by atoms with Crippen LogP contribution in [-0.2, 0) is 6.42 Å². The Morgan fingerprint density at radius 3 is 2.82 bits per heavy atom. The molecule has 2 heterocycles. The highest BCUT2D eigenvalue weighted by Crippen LogP contribution is 2.10. The molecule has 3 rings (SSSR count). The highest BCUT2D eigenvalue weighted by molar-refractivity contribution is 5.39. The van der Waals surface area contributed by atoms with Gasteiger partial charge in [-0.1, -0.05) is 30.3 Å². The van der Waals surface area contributed by atoms with Crippen LogP contribution in [0.25, 0.3) is 5.65 Å². The maximum absolute atomic E-state index is 4.53. The van der Waals surface area contributed by atoms with Gasteiger partial charge in [0.15, 0.2) is 5.65 Å². The molecule has 0 atom stereocenters. The van der Waals surface area contributed by atoms with E-state index in [-0.39, 0.29) is 0 Å². The van der Waals surface area contributed by atoms with Gasteiger partial charge in [-0.3, -0.25) is 0 Å². The standard InChI is InChI=1S/C13H12N4/c1-10-16-12(7-11-5-3-2-4-6-11)8-13-14-9-15-17(10)13/h2-6,8-9H,7H2,1H3. The van der Waals surface area contributed by atoms with E-state index in [0.29, 0.717) is 0 Å². The summed E-state index contributed by atoms with van der Waals surface area (Å²) in [4.78, 5) is 8.72. The summed E-state index contributed by atoms with van der Waals surface area (Å²) in [5.74, 6) is 0.867. The number of hydrogen-bond donors (Lipinski definition) is 0. The van der Waals surface area contributed by atoms with Crippen LogP contribution in [0.3, 0.4) is 0 Å². The summed E-state index contributed by atoms with van der Waals surface area (Å²) in [6.45, 7) is 1.94. The van der Waals surface area contributed by atoms with Gasteiger partial charge >= 0.3 is 0 Å². The summed E-state index contributed by atoms with van der Waals surface area (Å²) < 4.78 is 1.74. The van der Waals surface area contributed by atoms with Gasteiger partial charge in [-0.2, -0.15) is 9.61 Å². The molecule has 0 aliphatic rings. The van der Waals surface area contributed by atoms with Crippen molar-refractivity contribution in [1.82, 2.24) is 19.6 Å². The third-order valence-electron chi connectivity index (χ3n) is 2.71. The van der Waals surface area contributed by atoms with Crippen molar-refractivity contribution in [3.05, 3.63) is 59.8 Å². The highest BCUT2D eigenvalue weighted by Gasteiger charge is 2.04. The lowest BCUT2D eigenvalue weighted by molar-refractivity contribution is 0.842. The normalized spacial score (nSPS) is 10.9. The number of aryl methyl sites for hydroxylation is 1. The summed E-state index contributed by atoms with van der Waals surface area (Å²) >= 11 is 0. The minimum absolute atomic E-state index is 0.824. The minimum Gasteiger partial charge on any atom is -0.238 e. The maximum Gasteiger partial charge on any atom is 0.159 e. The van der Waals surface area contributed by atoms with Crippen molar-refractivity contribution in [2.24, 2.45) is 0 Å². The molecule has 2 aromatic heterocycles. The van der Waals surface area contributed by atoms with Gasteiger partial charge in [0.05, 0.1) is 5.69 Å². The van der Waals surface area contributed by atoms with Gasteiger partial charge in [-0.05, 0) is 12.5 Å². The van der Waals surface area contributed by atoms with Crippen LogP contribution in [0.4, 0.5) is 0 Å². The topological polar surface area (TPSA) is 43.1 Å². The molecule has 17 heavy (non-hydrogen) atoms. The molecule has 0 aliphatic heterocycles. The predicted molar refractivity (Wildman–Crippen MR) is 64.8 cm³/mol. The van der Waals surface area contributed by atoms with E-state index in [1.165, 1.54) is 5.56 Å². The van der Waals surface area contributed by atoms with E-state index < -0.39 is 0 Å². The molecule has 4 heteroatoms. The van der Waals surface area contributed by atoms with Crippen molar-refractivity contribution >= 4 is 5.65 Å². The lowest BCUT2D eigenvalue weighted by Crippen LogP contribution is -2.01. The second-order valence-electron chi connectivity index (χ2n) is 3.99. The molecule has 0 saturated heterocycles. The van der Waals surface area contributed by atoms with Gasteiger partial charge in [0.1, 0.15) is 12.2 Å². The quantitative estimate of drug-likeness (QED) is 0.669. The summed E-state index contributed by atoms with van der Waals surface area (Å²) in [6.07, 6.45) is 2.38. The molecule has 0 saturated carbocycles. The molecule has 0 N–H and O–H groups in total. The SMILES string of the molecule is Cc1nc(Cc2ccccc2)cc2ncnn12. The second kappa shape index (κ2) is 3.97. The van der Waals surface area contributed by atoms with E-state index in [0.717, 1.165) is 23.6 Å². The molecule has 1 aromatic carbocycles. The van der Waals surface area contributed by atoms with Gasteiger partial charge in [-0.25, -0.2) is 9.97 Å². The Kier molecular flexibility index (Phi) is 2.33. The summed E-state index contributed by atoms with van der Waals surface area (Å²) in [5, 5.41) is 4.11. The van der Waals surface area contributed by atoms with Crippen molar-refractivity contribution < 1.29 is 0 Å². The van der Waals surface area contributed by atoms with Crippen LogP contribution in [0.1, 0.15) is 17.1 Å². The first-order chi connectivity index (χ1) is 8.33. The third kappa shape index (κ3) is 1.89. The van der Waals surface area contributed by atoms with Crippen LogP contribution in [0, 0.1) is 6.92 Å². The first-order valence-corrected chi connectivity index (χ1v) is 5.53. The van der Waals surface area contributed by atoms with Crippen molar-refractivity contribution in [1.29, 1.82) is 0 Å². The summed E-state index contributed by atoms with van der Waals surface area (Å²) in [5.41, 5.74) is 3.13. The maximum atomic E-state index is 4.53. The Bertz CT molecular complexity index is 643. The van der Waals surface area contributed by atoms with E-state index in [2.05, 4.69) is 27.2 Å². The Labute approximate surface area is 99.0 Å². The van der Waals surface area contributed by atoms with Crippen LogP contribution in [-0.4, -0.2) is 19.6 Å². The zero-order valence-corrected chi connectivity index (χ0v) is 9.54. The van der Waals surface area contributed by atoms with Crippen LogP contribution < -0.4 is 0 Å². The van der Waals surface area contributed by atoms with E-state index in [4.69, 9.17) is 0 Å². The molecule has 0 unspecified atom stereocenters. The van der Waals surface area contributed by atoms with Gasteiger partial charge in [0.2, 0.25) is 0 Å². The van der Waals surface area contributed by atoms with E-state index in [9.17, 15) is 0 Å². The third-order valence-corrected chi connectivity index (χ3v) is 2.71. The van der Waals surface area contributed by atoms with Crippen molar-refractivity contribution in [2.45, 2.75) is 13.3 Å². The van der Waals surface area contributed by atoms with Gasteiger partial charge in [0, 0.05) is 12.5 Å². The zero-order chi connectivity index (χ0) is 11.7. The van der Waals surface area contributed by atoms with Gasteiger partial charge < -0.3 is 0 Å².